The fourth-order valence-electron chi connectivity index (χ4n) is 1.43. The van der Waals surface area contributed by atoms with Crippen molar-refractivity contribution < 1.29 is 0 Å². The summed E-state index contributed by atoms with van der Waals surface area (Å²) >= 11 is 12.0. The molecular weight excluding hydrogens is 303 g/mol. The largest absolute Gasteiger partial charge is 0.0841 e. The average Bonchev–Trinajstić information content (AvgIpc) is 2.35. The van der Waals surface area contributed by atoms with Crippen molar-refractivity contribution in [2.75, 3.05) is 0 Å². The summed E-state index contributed by atoms with van der Waals surface area (Å²) in [6.07, 6.45) is 0. The van der Waals surface area contributed by atoms with Gasteiger partial charge in [0.25, 0.3) is 0 Å². The van der Waals surface area contributed by atoms with Crippen LogP contribution in [0.4, 0.5) is 0 Å². The Kier molecular flexibility index (Phi) is 4.91. The van der Waals surface area contributed by atoms with Gasteiger partial charge in [0, 0.05) is 19.8 Å². The van der Waals surface area contributed by atoms with Gasteiger partial charge in [0.2, 0.25) is 0 Å². The number of hydrogen-bond acceptors (Lipinski definition) is 2. The molecular formula is C14H12Cl2S2. The van der Waals surface area contributed by atoms with Crippen LogP contribution in [0.1, 0.15) is 11.1 Å². The fraction of sp³-hybridized carbons (Fsp3) is 0.143. The van der Waals surface area contributed by atoms with Gasteiger partial charge in [0.05, 0.1) is 0 Å². The minimum absolute atomic E-state index is 0.812. The van der Waals surface area contributed by atoms with Gasteiger partial charge in [0.1, 0.15) is 0 Å². The minimum atomic E-state index is 0.812. The Labute approximate surface area is 125 Å². The van der Waals surface area contributed by atoms with Gasteiger partial charge < -0.3 is 0 Å². The molecule has 0 aliphatic rings. The van der Waals surface area contributed by atoms with Crippen LogP contribution in [-0.4, -0.2) is 0 Å². The number of hydrogen-bond donors (Lipinski definition) is 0. The van der Waals surface area contributed by atoms with E-state index in [0.29, 0.717) is 0 Å². The average molecular weight is 315 g/mol. The van der Waals surface area contributed by atoms with Crippen LogP contribution < -0.4 is 0 Å². The van der Waals surface area contributed by atoms with Crippen molar-refractivity contribution >= 4 is 44.8 Å². The van der Waals surface area contributed by atoms with Crippen LogP contribution in [-0.2, 0) is 0 Å². The highest BCUT2D eigenvalue weighted by Crippen LogP contribution is 2.39. The van der Waals surface area contributed by atoms with E-state index in [9.17, 15) is 0 Å². The molecule has 0 nitrogen and oxygen atoms in total. The van der Waals surface area contributed by atoms with Crippen molar-refractivity contribution in [3.63, 3.8) is 0 Å². The zero-order valence-electron chi connectivity index (χ0n) is 10.0. The summed E-state index contributed by atoms with van der Waals surface area (Å²) < 4.78 is 0. The maximum Gasteiger partial charge on any atom is 0.0435 e. The van der Waals surface area contributed by atoms with Gasteiger partial charge in [-0.05, 0) is 61.4 Å². The zero-order valence-corrected chi connectivity index (χ0v) is 13.2. The molecule has 0 aliphatic carbocycles. The Morgan fingerprint density at radius 3 is 1.44 bits per heavy atom. The minimum Gasteiger partial charge on any atom is -0.0841 e. The first-order chi connectivity index (χ1) is 8.56. The van der Waals surface area contributed by atoms with E-state index in [-0.39, 0.29) is 0 Å². The molecule has 0 spiro atoms. The zero-order chi connectivity index (χ0) is 13.1. The third-order valence-electron chi connectivity index (χ3n) is 2.49. The van der Waals surface area contributed by atoms with E-state index in [4.69, 9.17) is 23.2 Å². The van der Waals surface area contributed by atoms with Crippen LogP contribution >= 0.6 is 44.8 Å². The molecule has 0 atom stereocenters. The van der Waals surface area contributed by atoms with Crippen molar-refractivity contribution in [1.29, 1.82) is 0 Å². The van der Waals surface area contributed by atoms with E-state index in [0.717, 1.165) is 21.2 Å². The van der Waals surface area contributed by atoms with Gasteiger partial charge in [-0.2, -0.15) is 0 Å². The highest BCUT2D eigenvalue weighted by molar-refractivity contribution is 8.76. The second-order valence-electron chi connectivity index (χ2n) is 3.99. The molecule has 0 unspecified atom stereocenters. The highest BCUT2D eigenvalue weighted by atomic mass is 35.5. The third-order valence-corrected chi connectivity index (χ3v) is 5.72. The topological polar surface area (TPSA) is 0 Å². The van der Waals surface area contributed by atoms with Crippen molar-refractivity contribution in [1.82, 2.24) is 0 Å². The normalized spacial score (nSPS) is 10.7. The van der Waals surface area contributed by atoms with Crippen molar-refractivity contribution in [2.45, 2.75) is 23.6 Å². The fourth-order valence-corrected chi connectivity index (χ4v) is 3.76. The molecule has 94 valence electrons. The van der Waals surface area contributed by atoms with E-state index in [1.807, 2.05) is 38.1 Å². The van der Waals surface area contributed by atoms with E-state index in [2.05, 4.69) is 12.1 Å². The third kappa shape index (κ3) is 3.61. The Balaban J connectivity index is 2.06. The quantitative estimate of drug-likeness (QED) is 0.600. The molecule has 0 radical (unpaired) electrons. The van der Waals surface area contributed by atoms with E-state index in [1.54, 1.807) is 21.6 Å². The van der Waals surface area contributed by atoms with Crippen LogP contribution in [0.5, 0.6) is 0 Å². The molecule has 0 fully saturated rings. The van der Waals surface area contributed by atoms with Crippen LogP contribution in [0.15, 0.2) is 46.2 Å². The molecule has 0 aliphatic heterocycles. The molecule has 0 N–H and O–H groups in total. The van der Waals surface area contributed by atoms with Crippen molar-refractivity contribution in [2.24, 2.45) is 0 Å². The smallest absolute Gasteiger partial charge is 0.0435 e. The number of rotatable bonds is 3. The highest BCUT2D eigenvalue weighted by Gasteiger charge is 2.02. The van der Waals surface area contributed by atoms with Gasteiger partial charge in [-0.15, -0.1) is 0 Å². The molecule has 4 heteroatoms. The van der Waals surface area contributed by atoms with Crippen LogP contribution in [0, 0.1) is 13.8 Å². The Morgan fingerprint density at radius 2 is 1.11 bits per heavy atom. The molecule has 2 aromatic rings. The number of halogens is 2. The molecule has 0 saturated carbocycles. The molecule has 2 aromatic carbocycles. The van der Waals surface area contributed by atoms with E-state index in [1.165, 1.54) is 9.79 Å². The first-order valence-corrected chi connectivity index (χ1v) is 8.33. The van der Waals surface area contributed by atoms with E-state index < -0.39 is 0 Å². The lowest BCUT2D eigenvalue weighted by Gasteiger charge is -2.05. The Bertz CT molecular complexity index is 516. The Hall–Kier alpha value is -0.280. The summed E-state index contributed by atoms with van der Waals surface area (Å²) in [4.78, 5) is 2.41. The first kappa shape index (κ1) is 14.1. The monoisotopic (exact) mass is 314 g/mol. The SMILES string of the molecule is Cc1cc(SSc2ccc(Cl)c(C)c2)ccc1Cl. The maximum atomic E-state index is 6.01. The van der Waals surface area contributed by atoms with Gasteiger partial charge >= 0.3 is 0 Å². The summed E-state index contributed by atoms with van der Waals surface area (Å²) in [5.74, 6) is 0. The van der Waals surface area contributed by atoms with Crippen LogP contribution in [0.25, 0.3) is 0 Å². The predicted octanol–water partition coefficient (Wildman–Crippen LogP) is 6.41. The lowest BCUT2D eigenvalue weighted by atomic mass is 10.2. The second-order valence-corrected chi connectivity index (χ2v) is 7.08. The molecule has 0 heterocycles. The molecule has 0 amide bonds. The Morgan fingerprint density at radius 1 is 0.722 bits per heavy atom. The predicted molar refractivity (Wildman–Crippen MR) is 84.1 cm³/mol. The van der Waals surface area contributed by atoms with Crippen LogP contribution in [0.3, 0.4) is 0 Å². The lowest BCUT2D eigenvalue weighted by molar-refractivity contribution is 1.36. The summed E-state index contributed by atoms with van der Waals surface area (Å²) in [5, 5.41) is 1.62. The van der Waals surface area contributed by atoms with Gasteiger partial charge in [-0.1, -0.05) is 44.8 Å². The second kappa shape index (κ2) is 6.25. The molecule has 0 bridgehead atoms. The summed E-state index contributed by atoms with van der Waals surface area (Å²) in [6, 6.07) is 12.1. The van der Waals surface area contributed by atoms with Gasteiger partial charge in [-0.25, -0.2) is 0 Å². The number of benzene rings is 2. The number of aryl methyl sites for hydroxylation is 2. The van der Waals surface area contributed by atoms with Crippen molar-refractivity contribution in [3.8, 4) is 0 Å². The van der Waals surface area contributed by atoms with Crippen molar-refractivity contribution in [3.05, 3.63) is 57.6 Å². The molecule has 0 aromatic heterocycles. The molecule has 2 rings (SSSR count). The first-order valence-electron chi connectivity index (χ1n) is 5.43. The summed E-state index contributed by atoms with van der Waals surface area (Å²) in [7, 11) is 3.45. The molecule has 0 saturated heterocycles. The standard InChI is InChI=1S/C14H12Cl2S2/c1-9-7-11(3-5-13(9)15)17-18-12-4-6-14(16)10(2)8-12/h3-8H,1-2H3. The lowest BCUT2D eigenvalue weighted by Crippen LogP contribution is -1.77. The van der Waals surface area contributed by atoms with Crippen LogP contribution in [0.2, 0.25) is 10.0 Å². The van der Waals surface area contributed by atoms with E-state index >= 15 is 0 Å². The van der Waals surface area contributed by atoms with Gasteiger partial charge in [0.15, 0.2) is 0 Å². The van der Waals surface area contributed by atoms with Gasteiger partial charge in [-0.3, -0.25) is 0 Å². The maximum absolute atomic E-state index is 6.01. The molecule has 18 heavy (non-hydrogen) atoms. The summed E-state index contributed by atoms with van der Waals surface area (Å²) in [5.41, 5.74) is 2.21. The summed E-state index contributed by atoms with van der Waals surface area (Å²) in [6.45, 7) is 4.03.